The van der Waals surface area contributed by atoms with Crippen LogP contribution >= 0.6 is 0 Å². The monoisotopic (exact) mass is 275 g/mol. The molecule has 1 aromatic carbocycles. The first kappa shape index (κ1) is 14.1. The maximum Gasteiger partial charge on any atom is 0.271 e. The third-order valence-electron chi connectivity index (χ3n) is 2.93. The fraction of sp³-hybridized carbons (Fsp3) is 0.385. The Bertz CT molecular complexity index is 642. The maximum absolute atomic E-state index is 10.9. The molecule has 106 valence electrons. The molecule has 2 aromatic rings. The summed E-state index contributed by atoms with van der Waals surface area (Å²) in [6.45, 7) is 6.36. The van der Waals surface area contributed by atoms with Crippen molar-refractivity contribution in [2.45, 2.75) is 32.7 Å². The van der Waals surface area contributed by atoms with Gasteiger partial charge in [-0.3, -0.25) is 10.1 Å². The molecule has 2 N–H and O–H groups in total. The van der Waals surface area contributed by atoms with E-state index in [1.807, 2.05) is 20.8 Å². The highest BCUT2D eigenvalue weighted by atomic mass is 16.6. The third-order valence-corrected chi connectivity index (χ3v) is 2.93. The normalized spacial score (nSPS) is 11.6. The number of hydrogen-bond acceptors (Lipinski definition) is 5. The van der Waals surface area contributed by atoms with Gasteiger partial charge in [0.05, 0.1) is 16.3 Å². The standard InChI is InChI=1S/C13H17N5O2/c1-13(2,3)12-11(8-14)15-16-17(12)9-5-4-6-10(7-9)18(19)20/h4-7H,8,14H2,1-3H3. The minimum absolute atomic E-state index is 0.0205. The summed E-state index contributed by atoms with van der Waals surface area (Å²) in [5, 5.41) is 19.0. The summed E-state index contributed by atoms with van der Waals surface area (Å²) in [7, 11) is 0. The van der Waals surface area contributed by atoms with Gasteiger partial charge < -0.3 is 5.73 Å². The van der Waals surface area contributed by atoms with E-state index in [-0.39, 0.29) is 17.6 Å². The van der Waals surface area contributed by atoms with E-state index in [1.165, 1.54) is 12.1 Å². The molecule has 0 radical (unpaired) electrons. The van der Waals surface area contributed by atoms with E-state index in [1.54, 1.807) is 16.8 Å². The molecule has 0 bridgehead atoms. The van der Waals surface area contributed by atoms with Crippen LogP contribution in [0.4, 0.5) is 5.69 Å². The van der Waals surface area contributed by atoms with Crippen molar-refractivity contribution >= 4 is 5.69 Å². The molecule has 1 aromatic heterocycles. The first-order valence-electron chi connectivity index (χ1n) is 6.24. The summed E-state index contributed by atoms with van der Waals surface area (Å²) in [6.07, 6.45) is 0. The molecular formula is C13H17N5O2. The van der Waals surface area contributed by atoms with Gasteiger partial charge in [-0.25, -0.2) is 4.68 Å². The Morgan fingerprint density at radius 1 is 1.40 bits per heavy atom. The zero-order valence-corrected chi connectivity index (χ0v) is 11.7. The molecule has 0 fully saturated rings. The largest absolute Gasteiger partial charge is 0.325 e. The van der Waals surface area contributed by atoms with Gasteiger partial charge in [-0.2, -0.15) is 0 Å². The molecule has 0 atom stereocenters. The molecular weight excluding hydrogens is 258 g/mol. The van der Waals surface area contributed by atoms with Crippen LogP contribution in [0.25, 0.3) is 5.69 Å². The number of benzene rings is 1. The number of nitrogens with two attached hydrogens (primary N) is 1. The molecule has 2 rings (SSSR count). The molecule has 0 spiro atoms. The van der Waals surface area contributed by atoms with Crippen LogP contribution in [0.15, 0.2) is 24.3 Å². The first-order chi connectivity index (χ1) is 9.34. The SMILES string of the molecule is CC(C)(C)c1c(CN)nnn1-c1cccc([N+](=O)[O-])c1. The lowest BCUT2D eigenvalue weighted by Crippen LogP contribution is -2.20. The average molecular weight is 275 g/mol. The highest BCUT2D eigenvalue weighted by Gasteiger charge is 2.25. The molecule has 0 saturated carbocycles. The second kappa shape index (κ2) is 5.01. The summed E-state index contributed by atoms with van der Waals surface area (Å²) in [5.74, 6) is 0. The zero-order chi connectivity index (χ0) is 14.9. The number of aromatic nitrogens is 3. The number of non-ortho nitro benzene ring substituents is 1. The van der Waals surface area contributed by atoms with Crippen molar-refractivity contribution in [2.75, 3.05) is 0 Å². The van der Waals surface area contributed by atoms with Crippen molar-refractivity contribution in [3.63, 3.8) is 0 Å². The van der Waals surface area contributed by atoms with Gasteiger partial charge in [0, 0.05) is 24.1 Å². The molecule has 0 amide bonds. The fourth-order valence-electron chi connectivity index (χ4n) is 2.12. The first-order valence-corrected chi connectivity index (χ1v) is 6.24. The zero-order valence-electron chi connectivity index (χ0n) is 11.7. The Labute approximate surface area is 116 Å². The summed E-state index contributed by atoms with van der Waals surface area (Å²) in [5.41, 5.74) is 7.66. The number of rotatable bonds is 3. The average Bonchev–Trinajstić information content (AvgIpc) is 2.82. The lowest BCUT2D eigenvalue weighted by molar-refractivity contribution is -0.384. The molecule has 20 heavy (non-hydrogen) atoms. The Kier molecular flexibility index (Phi) is 3.54. The van der Waals surface area contributed by atoms with Crippen molar-refractivity contribution in [2.24, 2.45) is 5.73 Å². The van der Waals surface area contributed by atoms with Gasteiger partial charge in [0.15, 0.2) is 0 Å². The minimum Gasteiger partial charge on any atom is -0.325 e. The smallest absolute Gasteiger partial charge is 0.271 e. The summed E-state index contributed by atoms with van der Waals surface area (Å²) in [4.78, 5) is 10.4. The summed E-state index contributed by atoms with van der Waals surface area (Å²) < 4.78 is 1.62. The maximum atomic E-state index is 10.9. The third kappa shape index (κ3) is 2.53. The minimum atomic E-state index is -0.430. The van der Waals surface area contributed by atoms with Gasteiger partial charge in [0.25, 0.3) is 5.69 Å². The van der Waals surface area contributed by atoms with Crippen LogP contribution in [0.5, 0.6) is 0 Å². The predicted octanol–water partition coefficient (Wildman–Crippen LogP) is 1.93. The van der Waals surface area contributed by atoms with Crippen molar-refractivity contribution in [1.82, 2.24) is 15.0 Å². The van der Waals surface area contributed by atoms with Gasteiger partial charge >= 0.3 is 0 Å². The van der Waals surface area contributed by atoms with E-state index in [0.717, 1.165) is 5.69 Å². The van der Waals surface area contributed by atoms with Gasteiger partial charge in [-0.1, -0.05) is 32.1 Å². The van der Waals surface area contributed by atoms with Crippen LogP contribution < -0.4 is 5.73 Å². The van der Waals surface area contributed by atoms with E-state index in [9.17, 15) is 10.1 Å². The predicted molar refractivity (Wildman–Crippen MR) is 74.6 cm³/mol. The highest BCUT2D eigenvalue weighted by molar-refractivity contribution is 5.44. The van der Waals surface area contributed by atoms with Gasteiger partial charge in [0.1, 0.15) is 5.69 Å². The lowest BCUT2D eigenvalue weighted by Gasteiger charge is -2.20. The molecule has 1 heterocycles. The Balaban J connectivity index is 2.61. The molecule has 0 aliphatic heterocycles. The van der Waals surface area contributed by atoms with Crippen LogP contribution in [0, 0.1) is 10.1 Å². The number of hydrogen-bond donors (Lipinski definition) is 1. The number of nitrogens with zero attached hydrogens (tertiary/aromatic N) is 4. The van der Waals surface area contributed by atoms with Crippen LogP contribution in [0.2, 0.25) is 0 Å². The quantitative estimate of drug-likeness (QED) is 0.681. The Hall–Kier alpha value is -2.28. The van der Waals surface area contributed by atoms with Crippen LogP contribution in [-0.2, 0) is 12.0 Å². The van der Waals surface area contributed by atoms with Gasteiger partial charge in [-0.05, 0) is 6.07 Å². The topological polar surface area (TPSA) is 99.9 Å². The second-order valence-corrected chi connectivity index (χ2v) is 5.53. The molecule has 0 unspecified atom stereocenters. The Morgan fingerprint density at radius 2 is 2.10 bits per heavy atom. The van der Waals surface area contributed by atoms with E-state index in [2.05, 4.69) is 10.3 Å². The molecule has 0 saturated heterocycles. The van der Waals surface area contributed by atoms with E-state index in [0.29, 0.717) is 11.4 Å². The summed E-state index contributed by atoms with van der Waals surface area (Å²) >= 11 is 0. The second-order valence-electron chi connectivity index (χ2n) is 5.53. The summed E-state index contributed by atoms with van der Waals surface area (Å²) in [6, 6.07) is 6.31. The highest BCUT2D eigenvalue weighted by Crippen LogP contribution is 2.27. The van der Waals surface area contributed by atoms with E-state index < -0.39 is 4.92 Å². The van der Waals surface area contributed by atoms with Crippen LogP contribution in [-0.4, -0.2) is 19.9 Å². The molecule has 0 aliphatic carbocycles. The van der Waals surface area contributed by atoms with Crippen molar-refractivity contribution in [3.8, 4) is 5.69 Å². The van der Waals surface area contributed by atoms with E-state index in [4.69, 9.17) is 5.73 Å². The van der Waals surface area contributed by atoms with Crippen LogP contribution in [0.3, 0.4) is 0 Å². The molecule has 0 aliphatic rings. The number of nitro benzene ring substituents is 1. The van der Waals surface area contributed by atoms with Gasteiger partial charge in [0.2, 0.25) is 0 Å². The molecule has 7 heteroatoms. The van der Waals surface area contributed by atoms with Crippen molar-refractivity contribution < 1.29 is 4.92 Å². The van der Waals surface area contributed by atoms with Gasteiger partial charge in [-0.15, -0.1) is 5.10 Å². The number of nitro groups is 1. The van der Waals surface area contributed by atoms with Crippen LogP contribution in [0.1, 0.15) is 32.2 Å². The van der Waals surface area contributed by atoms with Crippen molar-refractivity contribution in [1.29, 1.82) is 0 Å². The molecule has 7 nitrogen and oxygen atoms in total. The Morgan fingerprint density at radius 3 is 2.65 bits per heavy atom. The van der Waals surface area contributed by atoms with Crippen molar-refractivity contribution in [3.05, 3.63) is 45.8 Å². The fourth-order valence-corrected chi connectivity index (χ4v) is 2.12. The van der Waals surface area contributed by atoms with E-state index >= 15 is 0 Å². The lowest BCUT2D eigenvalue weighted by atomic mass is 9.90.